The summed E-state index contributed by atoms with van der Waals surface area (Å²) >= 11 is 0. The first-order chi connectivity index (χ1) is 17.0. The van der Waals surface area contributed by atoms with E-state index in [0.29, 0.717) is 24.4 Å². The van der Waals surface area contributed by atoms with Crippen molar-refractivity contribution in [2.45, 2.75) is 18.0 Å². The number of carbonyl (C=O) groups is 1. The van der Waals surface area contributed by atoms with Gasteiger partial charge in [-0.15, -0.1) is 0 Å². The average Bonchev–Trinajstić information content (AvgIpc) is 3.42. The Morgan fingerprint density at radius 2 is 1.71 bits per heavy atom. The fourth-order valence-corrected chi connectivity index (χ4v) is 5.26. The zero-order chi connectivity index (χ0) is 24.3. The number of aromatic nitrogens is 1. The SMILES string of the molecule is O=C(c1ccc(S(=O)(=O)NCc2ccco2)cc1)N1CCN(Cc2cccc3cccnc23)CC1. The molecule has 5 rings (SSSR count). The number of benzene rings is 2. The third kappa shape index (κ3) is 5.27. The number of sulfonamides is 1. The Morgan fingerprint density at radius 1 is 0.943 bits per heavy atom. The molecule has 1 saturated heterocycles. The molecule has 0 radical (unpaired) electrons. The van der Waals surface area contributed by atoms with Crippen molar-refractivity contribution in [3.8, 4) is 0 Å². The van der Waals surface area contributed by atoms with Gasteiger partial charge < -0.3 is 9.32 Å². The molecule has 0 saturated carbocycles. The number of rotatable bonds is 7. The molecule has 1 fully saturated rings. The van der Waals surface area contributed by atoms with Crippen LogP contribution in [0.4, 0.5) is 0 Å². The molecule has 0 spiro atoms. The highest BCUT2D eigenvalue weighted by Gasteiger charge is 2.23. The first-order valence-electron chi connectivity index (χ1n) is 11.5. The Balaban J connectivity index is 1.18. The van der Waals surface area contributed by atoms with Crippen LogP contribution in [0.2, 0.25) is 0 Å². The third-order valence-corrected chi connectivity index (χ3v) is 7.61. The van der Waals surface area contributed by atoms with Crippen LogP contribution in [-0.2, 0) is 23.1 Å². The fraction of sp³-hybridized carbons (Fsp3) is 0.231. The largest absolute Gasteiger partial charge is 0.468 e. The number of nitrogens with one attached hydrogen (secondary N) is 1. The van der Waals surface area contributed by atoms with Crippen LogP contribution in [0.15, 0.2) is 88.5 Å². The molecule has 1 amide bonds. The molecule has 8 nitrogen and oxygen atoms in total. The Bertz CT molecular complexity index is 1410. The molecule has 35 heavy (non-hydrogen) atoms. The van der Waals surface area contributed by atoms with Crippen molar-refractivity contribution in [2.24, 2.45) is 0 Å². The Hall–Kier alpha value is -3.53. The van der Waals surface area contributed by atoms with Crippen molar-refractivity contribution in [2.75, 3.05) is 26.2 Å². The van der Waals surface area contributed by atoms with Crippen LogP contribution in [0, 0.1) is 0 Å². The lowest BCUT2D eigenvalue weighted by atomic mass is 10.1. The third-order valence-electron chi connectivity index (χ3n) is 6.20. The molecule has 0 unspecified atom stereocenters. The number of pyridine rings is 1. The van der Waals surface area contributed by atoms with E-state index in [9.17, 15) is 13.2 Å². The lowest BCUT2D eigenvalue weighted by molar-refractivity contribution is 0.0628. The standard InChI is InChI=1S/C26H26N4O4S/c31-26(21-8-10-24(11-9-21)35(32,33)28-18-23-7-3-17-34-23)30-15-13-29(14-16-30)19-22-5-1-4-20-6-2-12-27-25(20)22/h1-12,17,28H,13-16,18-19H2. The van der Waals surface area contributed by atoms with Gasteiger partial charge in [0, 0.05) is 49.9 Å². The van der Waals surface area contributed by atoms with Gasteiger partial charge in [0.05, 0.1) is 23.2 Å². The van der Waals surface area contributed by atoms with Crippen LogP contribution in [0.1, 0.15) is 21.7 Å². The van der Waals surface area contributed by atoms with E-state index in [0.717, 1.165) is 30.5 Å². The van der Waals surface area contributed by atoms with E-state index >= 15 is 0 Å². The van der Waals surface area contributed by atoms with E-state index in [1.807, 2.05) is 17.2 Å². The zero-order valence-corrected chi connectivity index (χ0v) is 19.9. The molecular weight excluding hydrogens is 464 g/mol. The maximum absolute atomic E-state index is 13.0. The smallest absolute Gasteiger partial charge is 0.253 e. The average molecular weight is 491 g/mol. The minimum atomic E-state index is -3.70. The van der Waals surface area contributed by atoms with Crippen LogP contribution in [0.5, 0.6) is 0 Å². The number of hydrogen-bond acceptors (Lipinski definition) is 6. The highest BCUT2D eigenvalue weighted by atomic mass is 32.2. The molecule has 0 bridgehead atoms. The number of amides is 1. The molecule has 9 heteroatoms. The first kappa shape index (κ1) is 23.2. The van der Waals surface area contributed by atoms with Gasteiger partial charge >= 0.3 is 0 Å². The van der Waals surface area contributed by atoms with Gasteiger partial charge in [-0.25, -0.2) is 13.1 Å². The Morgan fingerprint density at radius 3 is 2.46 bits per heavy atom. The van der Waals surface area contributed by atoms with Crippen LogP contribution in [-0.4, -0.2) is 55.3 Å². The predicted octanol–water partition coefficient (Wildman–Crippen LogP) is 3.26. The second-order valence-electron chi connectivity index (χ2n) is 8.49. The van der Waals surface area contributed by atoms with E-state index in [4.69, 9.17) is 4.42 Å². The van der Waals surface area contributed by atoms with Gasteiger partial charge in [-0.1, -0.05) is 24.3 Å². The molecule has 1 aliphatic heterocycles. The number of para-hydroxylation sites is 1. The van der Waals surface area contributed by atoms with Crippen molar-refractivity contribution >= 4 is 26.8 Å². The number of carbonyl (C=O) groups excluding carboxylic acids is 1. The summed E-state index contributed by atoms with van der Waals surface area (Å²) in [7, 11) is -3.70. The minimum absolute atomic E-state index is 0.0646. The summed E-state index contributed by atoms with van der Waals surface area (Å²) in [5.74, 6) is 0.431. The van der Waals surface area contributed by atoms with Gasteiger partial charge in [-0.3, -0.25) is 14.7 Å². The molecule has 1 N–H and O–H groups in total. The number of piperazine rings is 1. The molecule has 3 heterocycles. The van der Waals surface area contributed by atoms with Crippen molar-refractivity contribution in [3.05, 3.63) is 96.1 Å². The molecule has 180 valence electrons. The summed E-state index contributed by atoms with van der Waals surface area (Å²) in [5.41, 5.74) is 2.67. The van der Waals surface area contributed by atoms with Crippen LogP contribution in [0.3, 0.4) is 0 Å². The number of furan rings is 1. The van der Waals surface area contributed by atoms with E-state index in [1.165, 1.54) is 24.0 Å². The maximum atomic E-state index is 13.0. The summed E-state index contributed by atoms with van der Waals surface area (Å²) in [6, 6.07) is 19.7. The highest BCUT2D eigenvalue weighted by Crippen LogP contribution is 2.19. The van der Waals surface area contributed by atoms with Crippen molar-refractivity contribution < 1.29 is 17.6 Å². The minimum Gasteiger partial charge on any atom is -0.468 e. The molecule has 0 aliphatic carbocycles. The van der Waals surface area contributed by atoms with Crippen molar-refractivity contribution in [1.82, 2.24) is 19.5 Å². The van der Waals surface area contributed by atoms with Gasteiger partial charge in [0.15, 0.2) is 0 Å². The van der Waals surface area contributed by atoms with Gasteiger partial charge in [0.1, 0.15) is 5.76 Å². The van der Waals surface area contributed by atoms with Gasteiger partial charge in [-0.2, -0.15) is 0 Å². The Kier molecular flexibility index (Phi) is 6.63. The molecule has 4 aromatic rings. The van der Waals surface area contributed by atoms with Crippen LogP contribution in [0.25, 0.3) is 10.9 Å². The highest BCUT2D eigenvalue weighted by molar-refractivity contribution is 7.89. The van der Waals surface area contributed by atoms with Gasteiger partial charge in [0.25, 0.3) is 5.91 Å². The molecular formula is C26H26N4O4S. The van der Waals surface area contributed by atoms with E-state index < -0.39 is 10.0 Å². The summed E-state index contributed by atoms with van der Waals surface area (Å²) in [5, 5.41) is 1.13. The number of nitrogens with zero attached hydrogens (tertiary/aromatic N) is 3. The van der Waals surface area contributed by atoms with Crippen LogP contribution < -0.4 is 4.72 Å². The number of fused-ring (bicyclic) bond motifs is 1. The molecule has 1 aliphatic rings. The van der Waals surface area contributed by atoms with Gasteiger partial charge in [-0.05, 0) is 48.0 Å². The normalized spacial score (nSPS) is 14.9. The Labute approximate surface area is 204 Å². The fourth-order valence-electron chi connectivity index (χ4n) is 4.27. The zero-order valence-electron chi connectivity index (χ0n) is 19.1. The lowest BCUT2D eigenvalue weighted by Gasteiger charge is -2.35. The summed E-state index contributed by atoms with van der Waals surface area (Å²) in [6.07, 6.45) is 3.30. The topological polar surface area (TPSA) is 95.7 Å². The van der Waals surface area contributed by atoms with Crippen molar-refractivity contribution in [3.63, 3.8) is 0 Å². The summed E-state index contributed by atoms with van der Waals surface area (Å²) < 4.78 is 32.7. The quantitative estimate of drug-likeness (QED) is 0.427. The maximum Gasteiger partial charge on any atom is 0.253 e. The summed E-state index contributed by atoms with van der Waals surface area (Å²) in [4.78, 5) is 21.8. The van der Waals surface area contributed by atoms with E-state index in [1.54, 1.807) is 24.3 Å². The van der Waals surface area contributed by atoms with E-state index in [-0.39, 0.29) is 17.3 Å². The monoisotopic (exact) mass is 490 g/mol. The predicted molar refractivity (Wildman–Crippen MR) is 132 cm³/mol. The molecule has 0 atom stereocenters. The van der Waals surface area contributed by atoms with Crippen molar-refractivity contribution in [1.29, 1.82) is 0 Å². The summed E-state index contributed by atoms with van der Waals surface area (Å²) in [6.45, 7) is 3.60. The molecule has 2 aromatic heterocycles. The first-order valence-corrected chi connectivity index (χ1v) is 12.9. The molecule has 2 aromatic carbocycles. The second-order valence-corrected chi connectivity index (χ2v) is 10.3. The van der Waals surface area contributed by atoms with Gasteiger partial charge in [0.2, 0.25) is 10.0 Å². The number of hydrogen-bond donors (Lipinski definition) is 1. The van der Waals surface area contributed by atoms with Crippen LogP contribution >= 0.6 is 0 Å². The van der Waals surface area contributed by atoms with E-state index in [2.05, 4.69) is 38.9 Å². The lowest BCUT2D eigenvalue weighted by Crippen LogP contribution is -2.48. The second kappa shape index (κ2) is 9.99.